The number of aryl methyl sites for hydroxylation is 1. The summed E-state index contributed by atoms with van der Waals surface area (Å²) in [5.41, 5.74) is 0.642. The number of carbonyl (C=O) groups is 2. The van der Waals surface area contributed by atoms with Crippen LogP contribution in [0.3, 0.4) is 0 Å². The highest BCUT2D eigenvalue weighted by Crippen LogP contribution is 2.33. The maximum absolute atomic E-state index is 12.9. The average Bonchev–Trinajstić information content (AvgIpc) is 2.99. The lowest BCUT2D eigenvalue weighted by molar-refractivity contribution is -0.137. The number of carbonyl (C=O) groups excluding carboxylic acids is 2. The van der Waals surface area contributed by atoms with E-state index in [0.29, 0.717) is 10.7 Å². The fourth-order valence-corrected chi connectivity index (χ4v) is 3.12. The maximum Gasteiger partial charge on any atom is 0.416 e. The van der Waals surface area contributed by atoms with E-state index in [9.17, 15) is 22.8 Å². The Morgan fingerprint density at radius 2 is 1.96 bits per heavy atom. The van der Waals surface area contributed by atoms with Gasteiger partial charge in [-0.15, -0.1) is 0 Å². The summed E-state index contributed by atoms with van der Waals surface area (Å²) in [5.74, 6) is -1.43. The van der Waals surface area contributed by atoms with Crippen LogP contribution in [0, 0.1) is 12.8 Å². The van der Waals surface area contributed by atoms with Gasteiger partial charge in [0.2, 0.25) is 11.8 Å². The first kappa shape index (κ1) is 19.2. The Labute approximate surface area is 158 Å². The number of nitrogens with zero attached hydrogens (tertiary/aromatic N) is 1. The van der Waals surface area contributed by atoms with Crippen molar-refractivity contribution in [3.8, 4) is 0 Å². The summed E-state index contributed by atoms with van der Waals surface area (Å²) in [6.45, 7) is 1.83. The summed E-state index contributed by atoms with van der Waals surface area (Å²) in [6.07, 6.45) is -4.57. The molecule has 0 aliphatic carbocycles. The smallest absolute Gasteiger partial charge is 0.325 e. The van der Waals surface area contributed by atoms with E-state index >= 15 is 0 Å². The number of halogens is 4. The molecule has 0 saturated carbocycles. The molecule has 1 saturated heterocycles. The van der Waals surface area contributed by atoms with Crippen molar-refractivity contribution in [1.82, 2.24) is 0 Å². The highest BCUT2D eigenvalue weighted by molar-refractivity contribution is 6.31. The number of amides is 2. The Hall–Kier alpha value is -2.54. The monoisotopic (exact) mass is 396 g/mol. The summed E-state index contributed by atoms with van der Waals surface area (Å²) in [5, 5.41) is 3.20. The molecule has 27 heavy (non-hydrogen) atoms. The number of hydrogen-bond donors (Lipinski definition) is 1. The molecule has 2 aromatic rings. The van der Waals surface area contributed by atoms with Gasteiger partial charge in [0, 0.05) is 29.4 Å². The van der Waals surface area contributed by atoms with E-state index < -0.39 is 23.6 Å². The van der Waals surface area contributed by atoms with Crippen molar-refractivity contribution in [1.29, 1.82) is 0 Å². The molecule has 1 aliphatic rings. The molecule has 1 unspecified atom stereocenters. The molecule has 0 radical (unpaired) electrons. The minimum absolute atomic E-state index is 0.0194. The van der Waals surface area contributed by atoms with Crippen molar-refractivity contribution in [3.05, 3.63) is 58.6 Å². The third kappa shape index (κ3) is 4.24. The van der Waals surface area contributed by atoms with Gasteiger partial charge < -0.3 is 10.2 Å². The molecule has 2 amide bonds. The van der Waals surface area contributed by atoms with E-state index in [1.54, 1.807) is 25.1 Å². The van der Waals surface area contributed by atoms with Gasteiger partial charge in [-0.25, -0.2) is 0 Å². The van der Waals surface area contributed by atoms with Crippen LogP contribution < -0.4 is 10.2 Å². The lowest BCUT2D eigenvalue weighted by Gasteiger charge is -2.18. The SMILES string of the molecule is Cc1ccc(Cl)cc1NC(=O)C1CC(=O)N(c2cccc(C(F)(F)F)c2)C1. The zero-order valence-electron chi connectivity index (χ0n) is 14.3. The number of benzene rings is 2. The van der Waals surface area contributed by atoms with Gasteiger partial charge in [0.05, 0.1) is 11.5 Å². The van der Waals surface area contributed by atoms with Crippen LogP contribution in [0.2, 0.25) is 5.02 Å². The molecule has 1 heterocycles. The quantitative estimate of drug-likeness (QED) is 0.820. The van der Waals surface area contributed by atoms with Crippen LogP contribution in [0.1, 0.15) is 17.5 Å². The highest BCUT2D eigenvalue weighted by Gasteiger charge is 2.37. The molecule has 2 aromatic carbocycles. The van der Waals surface area contributed by atoms with Crippen LogP contribution in [0.4, 0.5) is 24.5 Å². The van der Waals surface area contributed by atoms with Crippen molar-refractivity contribution < 1.29 is 22.8 Å². The number of nitrogens with one attached hydrogen (secondary N) is 1. The molecule has 1 fully saturated rings. The van der Waals surface area contributed by atoms with E-state index in [-0.39, 0.29) is 24.6 Å². The Bertz CT molecular complexity index is 899. The molecular weight excluding hydrogens is 381 g/mol. The normalized spacial score (nSPS) is 17.3. The fraction of sp³-hybridized carbons (Fsp3) is 0.263. The Morgan fingerprint density at radius 1 is 1.22 bits per heavy atom. The van der Waals surface area contributed by atoms with Crippen molar-refractivity contribution in [2.45, 2.75) is 19.5 Å². The van der Waals surface area contributed by atoms with Crippen LogP contribution >= 0.6 is 11.6 Å². The Morgan fingerprint density at radius 3 is 2.67 bits per heavy atom. The molecular formula is C19H16ClF3N2O2. The molecule has 1 atom stereocenters. The maximum atomic E-state index is 12.9. The lowest BCUT2D eigenvalue weighted by Crippen LogP contribution is -2.28. The molecule has 8 heteroatoms. The minimum atomic E-state index is -4.50. The lowest BCUT2D eigenvalue weighted by atomic mass is 10.1. The van der Waals surface area contributed by atoms with Crippen LogP contribution in [-0.4, -0.2) is 18.4 Å². The third-order valence-electron chi connectivity index (χ3n) is 4.44. The minimum Gasteiger partial charge on any atom is -0.325 e. The van der Waals surface area contributed by atoms with E-state index in [0.717, 1.165) is 17.7 Å². The first-order valence-corrected chi connectivity index (χ1v) is 8.57. The second-order valence-electron chi connectivity index (χ2n) is 6.40. The summed E-state index contributed by atoms with van der Waals surface area (Å²) >= 11 is 5.93. The largest absolute Gasteiger partial charge is 0.416 e. The summed E-state index contributed by atoms with van der Waals surface area (Å²) < 4.78 is 38.7. The van der Waals surface area contributed by atoms with Gasteiger partial charge >= 0.3 is 6.18 Å². The van der Waals surface area contributed by atoms with Crippen molar-refractivity contribution >= 4 is 34.8 Å². The van der Waals surface area contributed by atoms with Crippen molar-refractivity contribution in [2.75, 3.05) is 16.8 Å². The zero-order valence-corrected chi connectivity index (χ0v) is 15.1. The molecule has 4 nitrogen and oxygen atoms in total. The summed E-state index contributed by atoms with van der Waals surface area (Å²) in [7, 11) is 0. The first-order chi connectivity index (χ1) is 12.6. The van der Waals surface area contributed by atoms with Crippen LogP contribution in [-0.2, 0) is 15.8 Å². The standard InChI is InChI=1S/C19H16ClF3N2O2/c1-11-5-6-14(20)9-16(11)24-18(27)12-7-17(26)25(10-12)15-4-2-3-13(8-15)19(21,22)23/h2-6,8-9,12H,7,10H2,1H3,(H,24,27). The van der Waals surface area contributed by atoms with Gasteiger partial charge in [0.1, 0.15) is 0 Å². The average molecular weight is 397 g/mol. The number of hydrogen-bond acceptors (Lipinski definition) is 2. The van der Waals surface area contributed by atoms with E-state index in [2.05, 4.69) is 5.32 Å². The number of alkyl halides is 3. The van der Waals surface area contributed by atoms with Gasteiger partial charge in [-0.1, -0.05) is 23.7 Å². The first-order valence-electron chi connectivity index (χ1n) is 8.20. The van der Waals surface area contributed by atoms with Gasteiger partial charge in [-0.3, -0.25) is 9.59 Å². The zero-order chi connectivity index (χ0) is 19.8. The van der Waals surface area contributed by atoms with Gasteiger partial charge in [-0.2, -0.15) is 13.2 Å². The topological polar surface area (TPSA) is 49.4 Å². The van der Waals surface area contributed by atoms with Crippen molar-refractivity contribution in [3.63, 3.8) is 0 Å². The summed E-state index contributed by atoms with van der Waals surface area (Å²) in [6, 6.07) is 9.59. The van der Waals surface area contributed by atoms with Crippen molar-refractivity contribution in [2.24, 2.45) is 5.92 Å². The highest BCUT2D eigenvalue weighted by atomic mass is 35.5. The van der Waals surface area contributed by atoms with Crippen LogP contribution in [0.25, 0.3) is 0 Å². The van der Waals surface area contributed by atoms with E-state index in [1.165, 1.54) is 17.0 Å². The second-order valence-corrected chi connectivity index (χ2v) is 6.84. The fourth-order valence-electron chi connectivity index (χ4n) is 2.95. The van der Waals surface area contributed by atoms with Crippen LogP contribution in [0.5, 0.6) is 0 Å². The Kier molecular flexibility index (Phi) is 5.15. The molecule has 3 rings (SSSR count). The van der Waals surface area contributed by atoms with Gasteiger partial charge in [0.15, 0.2) is 0 Å². The summed E-state index contributed by atoms with van der Waals surface area (Å²) in [4.78, 5) is 26.0. The molecule has 0 aromatic heterocycles. The van der Waals surface area contributed by atoms with E-state index in [1.807, 2.05) is 0 Å². The molecule has 142 valence electrons. The number of rotatable bonds is 3. The second kappa shape index (κ2) is 7.23. The van der Waals surface area contributed by atoms with Crippen LogP contribution in [0.15, 0.2) is 42.5 Å². The van der Waals surface area contributed by atoms with Gasteiger partial charge in [-0.05, 0) is 42.8 Å². The third-order valence-corrected chi connectivity index (χ3v) is 4.67. The van der Waals surface area contributed by atoms with Gasteiger partial charge in [0.25, 0.3) is 0 Å². The predicted octanol–water partition coefficient (Wildman–Crippen LogP) is 4.66. The molecule has 1 aliphatic heterocycles. The molecule has 0 spiro atoms. The number of anilines is 2. The molecule has 1 N–H and O–H groups in total. The Balaban J connectivity index is 1.75. The van der Waals surface area contributed by atoms with E-state index in [4.69, 9.17) is 11.6 Å². The molecule has 0 bridgehead atoms. The predicted molar refractivity (Wildman–Crippen MR) is 96.7 cm³/mol.